The number of halogens is 3. The van der Waals surface area contributed by atoms with Crippen LogP contribution in [-0.4, -0.2) is 16.6 Å². The third-order valence-corrected chi connectivity index (χ3v) is 4.98. The summed E-state index contributed by atoms with van der Waals surface area (Å²) in [7, 11) is 0. The Kier molecular flexibility index (Phi) is 5.41. The molecular formula is C20H17F3N2OS. The number of thioether (sulfide) groups is 1. The number of aryl methyl sites for hydroxylation is 2. The monoisotopic (exact) mass is 390 g/mol. The van der Waals surface area contributed by atoms with Gasteiger partial charge in [-0.2, -0.15) is 13.2 Å². The number of anilines is 1. The summed E-state index contributed by atoms with van der Waals surface area (Å²) < 4.78 is 37.7. The smallest absolute Gasteiger partial charge is 0.325 e. The van der Waals surface area contributed by atoms with Gasteiger partial charge in [0.05, 0.1) is 21.9 Å². The average molecular weight is 390 g/mol. The largest absolute Gasteiger partial charge is 0.416 e. The van der Waals surface area contributed by atoms with Crippen molar-refractivity contribution in [2.24, 2.45) is 0 Å². The van der Waals surface area contributed by atoms with Crippen molar-refractivity contribution < 1.29 is 18.0 Å². The Bertz CT molecular complexity index is 985. The van der Waals surface area contributed by atoms with E-state index in [9.17, 15) is 18.0 Å². The molecule has 0 saturated heterocycles. The van der Waals surface area contributed by atoms with Crippen LogP contribution in [0.5, 0.6) is 0 Å². The van der Waals surface area contributed by atoms with Crippen LogP contribution < -0.4 is 5.32 Å². The zero-order valence-electron chi connectivity index (χ0n) is 14.7. The molecule has 0 radical (unpaired) electrons. The van der Waals surface area contributed by atoms with Crippen molar-refractivity contribution in [1.82, 2.24) is 4.98 Å². The van der Waals surface area contributed by atoms with Crippen LogP contribution in [0.1, 0.15) is 16.7 Å². The topological polar surface area (TPSA) is 42.0 Å². The molecule has 0 spiro atoms. The number of rotatable bonds is 4. The number of alkyl halides is 3. The second kappa shape index (κ2) is 7.60. The lowest BCUT2D eigenvalue weighted by Gasteiger charge is -2.10. The zero-order valence-corrected chi connectivity index (χ0v) is 15.5. The summed E-state index contributed by atoms with van der Waals surface area (Å²) in [6, 6.07) is 12.3. The standard InChI is InChI=1S/C20H17F3N2OS/c1-12-4-3-5-16-13(2)10-18(25-19(12)16)27-11-17(26)24-15-8-6-14(7-9-15)20(21,22)23/h3-10H,11H2,1-2H3,(H,24,26). The minimum atomic E-state index is -4.39. The first-order chi connectivity index (χ1) is 12.7. The summed E-state index contributed by atoms with van der Waals surface area (Å²) in [5.74, 6) is -0.186. The summed E-state index contributed by atoms with van der Waals surface area (Å²) in [4.78, 5) is 16.7. The highest BCUT2D eigenvalue weighted by Crippen LogP contribution is 2.30. The maximum absolute atomic E-state index is 12.6. The number of pyridine rings is 1. The lowest BCUT2D eigenvalue weighted by atomic mass is 10.1. The van der Waals surface area contributed by atoms with Crippen LogP contribution in [0, 0.1) is 13.8 Å². The Labute approximate surface area is 159 Å². The molecule has 1 heterocycles. The molecular weight excluding hydrogens is 373 g/mol. The first-order valence-corrected chi connectivity index (χ1v) is 9.19. The molecule has 0 bridgehead atoms. The summed E-state index contributed by atoms with van der Waals surface area (Å²) in [6.45, 7) is 3.98. The Morgan fingerprint density at radius 1 is 1.07 bits per heavy atom. The van der Waals surface area contributed by atoms with Crippen molar-refractivity contribution in [3.63, 3.8) is 0 Å². The van der Waals surface area contributed by atoms with E-state index in [-0.39, 0.29) is 11.7 Å². The predicted molar refractivity (Wildman–Crippen MR) is 102 cm³/mol. The number of nitrogens with one attached hydrogen (secondary N) is 1. The van der Waals surface area contributed by atoms with Crippen LogP contribution in [0.3, 0.4) is 0 Å². The number of benzene rings is 2. The third kappa shape index (κ3) is 4.60. The van der Waals surface area contributed by atoms with Gasteiger partial charge in [-0.05, 0) is 55.3 Å². The molecule has 1 amide bonds. The highest BCUT2D eigenvalue weighted by atomic mass is 32.2. The minimum absolute atomic E-state index is 0.116. The molecule has 0 fully saturated rings. The fraction of sp³-hybridized carbons (Fsp3) is 0.200. The van der Waals surface area contributed by atoms with E-state index in [4.69, 9.17) is 0 Å². The van der Waals surface area contributed by atoms with Gasteiger partial charge in [-0.15, -0.1) is 0 Å². The highest BCUT2D eigenvalue weighted by molar-refractivity contribution is 7.99. The molecule has 0 unspecified atom stereocenters. The van der Waals surface area contributed by atoms with Crippen molar-refractivity contribution in [1.29, 1.82) is 0 Å². The molecule has 7 heteroatoms. The van der Waals surface area contributed by atoms with Crippen molar-refractivity contribution in [3.05, 3.63) is 65.2 Å². The molecule has 1 N–H and O–H groups in total. The third-order valence-electron chi connectivity index (χ3n) is 4.07. The van der Waals surface area contributed by atoms with E-state index in [0.717, 1.165) is 39.2 Å². The number of para-hydroxylation sites is 1. The van der Waals surface area contributed by atoms with E-state index in [1.165, 1.54) is 23.9 Å². The van der Waals surface area contributed by atoms with Crippen molar-refractivity contribution >= 4 is 34.3 Å². The molecule has 0 aliphatic rings. The van der Waals surface area contributed by atoms with Gasteiger partial charge in [-0.3, -0.25) is 4.79 Å². The first kappa shape index (κ1) is 19.2. The van der Waals surface area contributed by atoms with Gasteiger partial charge in [0.25, 0.3) is 0 Å². The number of fused-ring (bicyclic) bond motifs is 1. The van der Waals surface area contributed by atoms with E-state index in [0.29, 0.717) is 5.69 Å². The van der Waals surface area contributed by atoms with Gasteiger partial charge in [-0.25, -0.2) is 4.98 Å². The molecule has 0 aliphatic heterocycles. The van der Waals surface area contributed by atoms with Crippen LogP contribution >= 0.6 is 11.8 Å². The van der Waals surface area contributed by atoms with Crippen molar-refractivity contribution in [2.45, 2.75) is 25.0 Å². The minimum Gasteiger partial charge on any atom is -0.325 e. The Hall–Kier alpha value is -2.54. The van der Waals surface area contributed by atoms with Gasteiger partial charge in [-0.1, -0.05) is 30.0 Å². The molecule has 0 atom stereocenters. The Morgan fingerprint density at radius 2 is 1.78 bits per heavy atom. The lowest BCUT2D eigenvalue weighted by molar-refractivity contribution is -0.137. The van der Waals surface area contributed by atoms with Gasteiger partial charge in [0.1, 0.15) is 0 Å². The molecule has 3 nitrogen and oxygen atoms in total. The van der Waals surface area contributed by atoms with Crippen molar-refractivity contribution in [2.75, 3.05) is 11.1 Å². The van der Waals surface area contributed by atoms with Crippen molar-refractivity contribution in [3.8, 4) is 0 Å². The van der Waals surface area contributed by atoms with E-state index in [1.54, 1.807) is 0 Å². The quantitative estimate of drug-likeness (QED) is 0.590. The molecule has 27 heavy (non-hydrogen) atoms. The van der Waals surface area contributed by atoms with Crippen LogP contribution in [0.4, 0.5) is 18.9 Å². The van der Waals surface area contributed by atoms with Gasteiger partial charge in [0.15, 0.2) is 0 Å². The predicted octanol–water partition coefficient (Wildman–Crippen LogP) is 5.60. The van der Waals surface area contributed by atoms with Crippen LogP contribution in [0.15, 0.2) is 53.6 Å². The number of hydrogen-bond acceptors (Lipinski definition) is 3. The van der Waals surface area contributed by atoms with Crippen LogP contribution in [0.25, 0.3) is 10.9 Å². The second-order valence-corrected chi connectivity index (χ2v) is 7.16. The van der Waals surface area contributed by atoms with Crippen LogP contribution in [-0.2, 0) is 11.0 Å². The maximum Gasteiger partial charge on any atom is 0.416 e. The van der Waals surface area contributed by atoms with E-state index in [2.05, 4.69) is 10.3 Å². The molecule has 2 aromatic carbocycles. The first-order valence-electron chi connectivity index (χ1n) is 8.21. The highest BCUT2D eigenvalue weighted by Gasteiger charge is 2.29. The van der Waals surface area contributed by atoms with Gasteiger partial charge in [0, 0.05) is 11.1 Å². The number of amides is 1. The van der Waals surface area contributed by atoms with Gasteiger partial charge < -0.3 is 5.32 Å². The number of nitrogens with zero attached hydrogens (tertiary/aromatic N) is 1. The molecule has 3 rings (SSSR count). The van der Waals surface area contributed by atoms with E-state index < -0.39 is 11.7 Å². The molecule has 0 saturated carbocycles. The fourth-order valence-electron chi connectivity index (χ4n) is 2.68. The van der Waals surface area contributed by atoms with Crippen LogP contribution in [0.2, 0.25) is 0 Å². The lowest BCUT2D eigenvalue weighted by Crippen LogP contribution is -2.14. The summed E-state index contributed by atoms with van der Waals surface area (Å²) in [5, 5.41) is 4.41. The number of hydrogen-bond donors (Lipinski definition) is 1. The molecule has 140 valence electrons. The number of aromatic nitrogens is 1. The normalized spacial score (nSPS) is 11.6. The second-order valence-electron chi connectivity index (χ2n) is 6.16. The average Bonchev–Trinajstić information content (AvgIpc) is 2.61. The summed E-state index contributed by atoms with van der Waals surface area (Å²) >= 11 is 1.29. The summed E-state index contributed by atoms with van der Waals surface area (Å²) in [6.07, 6.45) is -4.39. The maximum atomic E-state index is 12.6. The number of carbonyl (C=O) groups is 1. The zero-order chi connectivity index (χ0) is 19.6. The van der Waals surface area contributed by atoms with Gasteiger partial charge >= 0.3 is 6.18 Å². The molecule has 1 aromatic heterocycles. The van der Waals surface area contributed by atoms with E-state index in [1.807, 2.05) is 38.1 Å². The number of carbonyl (C=O) groups excluding carboxylic acids is 1. The van der Waals surface area contributed by atoms with Gasteiger partial charge in [0.2, 0.25) is 5.91 Å². The molecule has 3 aromatic rings. The fourth-order valence-corrected chi connectivity index (χ4v) is 3.45. The Morgan fingerprint density at radius 3 is 2.44 bits per heavy atom. The van der Waals surface area contributed by atoms with E-state index >= 15 is 0 Å². The Balaban J connectivity index is 1.66. The summed E-state index contributed by atoms with van der Waals surface area (Å²) in [5.41, 5.74) is 2.62. The SMILES string of the molecule is Cc1cc(SCC(=O)Nc2ccc(C(F)(F)F)cc2)nc2c(C)cccc12. The molecule has 0 aliphatic carbocycles.